The van der Waals surface area contributed by atoms with Gasteiger partial charge in [0.1, 0.15) is 17.8 Å². The molecule has 1 aromatic carbocycles. The van der Waals surface area contributed by atoms with Crippen molar-refractivity contribution in [3.05, 3.63) is 84.1 Å². The fourth-order valence-electron chi connectivity index (χ4n) is 2.51. The van der Waals surface area contributed by atoms with E-state index in [0.29, 0.717) is 18.1 Å². The zero-order chi connectivity index (χ0) is 18.0. The average molecular weight is 347 g/mol. The molecule has 0 bridgehead atoms. The lowest BCUT2D eigenvalue weighted by atomic mass is 10.1. The van der Waals surface area contributed by atoms with Gasteiger partial charge < -0.3 is 10.6 Å². The number of benzene rings is 1. The van der Waals surface area contributed by atoms with Gasteiger partial charge in [0.05, 0.1) is 0 Å². The van der Waals surface area contributed by atoms with E-state index in [0.717, 1.165) is 24.9 Å². The predicted molar refractivity (Wildman–Crippen MR) is 101 cm³/mol. The molecule has 2 aromatic heterocycles. The lowest BCUT2D eigenvalue weighted by Crippen LogP contribution is -2.24. The van der Waals surface area contributed by atoms with Crippen molar-refractivity contribution < 1.29 is 4.79 Å². The molecule has 0 saturated carbocycles. The molecule has 0 aliphatic heterocycles. The number of carbonyl (C=O) groups excluding carboxylic acids is 1. The fraction of sp³-hybridized carbons (Fsp3) is 0.200. The van der Waals surface area contributed by atoms with E-state index in [2.05, 4.69) is 37.7 Å². The Balaban J connectivity index is 1.47. The van der Waals surface area contributed by atoms with Crippen molar-refractivity contribution in [2.24, 2.45) is 0 Å². The Hall–Kier alpha value is -3.28. The van der Waals surface area contributed by atoms with Crippen LogP contribution in [0.5, 0.6) is 0 Å². The molecule has 0 fully saturated rings. The highest BCUT2D eigenvalue weighted by molar-refractivity contribution is 5.92. The number of pyridine rings is 1. The van der Waals surface area contributed by atoms with Crippen LogP contribution in [0.25, 0.3) is 0 Å². The van der Waals surface area contributed by atoms with Gasteiger partial charge in [0, 0.05) is 31.5 Å². The Kier molecular flexibility index (Phi) is 6.25. The first-order chi connectivity index (χ1) is 12.8. The van der Waals surface area contributed by atoms with Crippen LogP contribution in [0.1, 0.15) is 28.0 Å². The Morgan fingerprint density at radius 3 is 2.58 bits per heavy atom. The maximum atomic E-state index is 12.2. The van der Waals surface area contributed by atoms with Crippen LogP contribution in [0.2, 0.25) is 0 Å². The van der Waals surface area contributed by atoms with Crippen molar-refractivity contribution in [1.29, 1.82) is 0 Å². The van der Waals surface area contributed by atoms with Gasteiger partial charge in [0.25, 0.3) is 5.91 Å². The van der Waals surface area contributed by atoms with Crippen molar-refractivity contribution in [2.75, 3.05) is 11.9 Å². The van der Waals surface area contributed by atoms with Gasteiger partial charge >= 0.3 is 0 Å². The highest BCUT2D eigenvalue weighted by Gasteiger charge is 2.08. The van der Waals surface area contributed by atoms with Gasteiger partial charge in [-0.1, -0.05) is 30.3 Å². The third-order valence-corrected chi connectivity index (χ3v) is 3.89. The number of anilines is 1. The number of aryl methyl sites for hydroxylation is 1. The van der Waals surface area contributed by atoms with Crippen molar-refractivity contribution in [3.8, 4) is 0 Å². The van der Waals surface area contributed by atoms with Gasteiger partial charge in [-0.2, -0.15) is 0 Å². The molecule has 3 aromatic rings. The number of rotatable bonds is 8. The summed E-state index contributed by atoms with van der Waals surface area (Å²) in [5.41, 5.74) is 2.65. The van der Waals surface area contributed by atoms with E-state index in [1.807, 2.05) is 30.3 Å². The maximum absolute atomic E-state index is 12.2. The van der Waals surface area contributed by atoms with E-state index in [4.69, 9.17) is 0 Å². The number of amides is 1. The van der Waals surface area contributed by atoms with E-state index < -0.39 is 0 Å². The number of aromatic nitrogens is 3. The van der Waals surface area contributed by atoms with Crippen LogP contribution >= 0.6 is 0 Å². The molecule has 3 rings (SSSR count). The third kappa shape index (κ3) is 5.37. The minimum atomic E-state index is -0.225. The molecular weight excluding hydrogens is 326 g/mol. The van der Waals surface area contributed by atoms with E-state index in [9.17, 15) is 4.79 Å². The number of carbonyl (C=O) groups is 1. The minimum Gasteiger partial charge on any atom is -0.370 e. The molecule has 0 spiro atoms. The summed E-state index contributed by atoms with van der Waals surface area (Å²) in [4.78, 5) is 24.4. The van der Waals surface area contributed by atoms with Crippen molar-refractivity contribution >= 4 is 11.7 Å². The number of hydrogen-bond donors (Lipinski definition) is 2. The Morgan fingerprint density at radius 1 is 0.962 bits per heavy atom. The molecule has 0 aliphatic carbocycles. The topological polar surface area (TPSA) is 79.8 Å². The second-order valence-corrected chi connectivity index (χ2v) is 5.84. The summed E-state index contributed by atoms with van der Waals surface area (Å²) in [5, 5.41) is 6.09. The monoisotopic (exact) mass is 347 g/mol. The molecule has 0 aliphatic rings. The summed E-state index contributed by atoms with van der Waals surface area (Å²) < 4.78 is 0. The second-order valence-electron chi connectivity index (χ2n) is 5.84. The largest absolute Gasteiger partial charge is 0.370 e. The SMILES string of the molecule is O=C(NCc1ccncc1)c1cc(NCCCc2ccccc2)ncn1. The molecule has 1 amide bonds. The van der Waals surface area contributed by atoms with E-state index >= 15 is 0 Å². The van der Waals surface area contributed by atoms with Crippen LogP contribution in [0.3, 0.4) is 0 Å². The first kappa shape index (κ1) is 17.5. The zero-order valence-electron chi connectivity index (χ0n) is 14.4. The molecule has 0 unspecified atom stereocenters. The minimum absolute atomic E-state index is 0.225. The molecule has 0 radical (unpaired) electrons. The number of hydrogen-bond acceptors (Lipinski definition) is 5. The molecule has 0 saturated heterocycles. The number of nitrogens with zero attached hydrogens (tertiary/aromatic N) is 3. The van der Waals surface area contributed by atoms with Gasteiger partial charge in [0.2, 0.25) is 0 Å². The normalized spacial score (nSPS) is 10.3. The standard InChI is InChI=1S/C20H21N5O/c26-20(23-14-17-8-11-21-12-9-17)18-13-19(25-15-24-18)22-10-4-7-16-5-2-1-3-6-16/h1-3,5-6,8-9,11-13,15H,4,7,10,14H2,(H,23,26)(H,22,24,25). The van der Waals surface area contributed by atoms with Gasteiger partial charge in [-0.25, -0.2) is 9.97 Å². The van der Waals surface area contributed by atoms with E-state index in [1.165, 1.54) is 11.9 Å². The van der Waals surface area contributed by atoms with Crippen molar-refractivity contribution in [3.63, 3.8) is 0 Å². The Morgan fingerprint density at radius 2 is 1.77 bits per heavy atom. The molecule has 6 heteroatoms. The maximum Gasteiger partial charge on any atom is 0.270 e. The Labute approximate surface area is 152 Å². The lowest BCUT2D eigenvalue weighted by molar-refractivity contribution is 0.0946. The van der Waals surface area contributed by atoms with Gasteiger partial charge in [-0.3, -0.25) is 9.78 Å². The molecule has 2 N–H and O–H groups in total. The van der Waals surface area contributed by atoms with Crippen LogP contribution in [-0.2, 0) is 13.0 Å². The van der Waals surface area contributed by atoms with Crippen LogP contribution in [0.15, 0.2) is 67.3 Å². The molecule has 6 nitrogen and oxygen atoms in total. The highest BCUT2D eigenvalue weighted by atomic mass is 16.1. The summed E-state index contributed by atoms with van der Waals surface area (Å²) >= 11 is 0. The summed E-state index contributed by atoms with van der Waals surface area (Å²) in [6.07, 6.45) is 6.78. The predicted octanol–water partition coefficient (Wildman–Crippen LogP) is 2.85. The van der Waals surface area contributed by atoms with Crippen LogP contribution in [0.4, 0.5) is 5.82 Å². The molecule has 2 heterocycles. The van der Waals surface area contributed by atoms with Crippen LogP contribution in [0, 0.1) is 0 Å². The molecular formula is C20H21N5O. The molecule has 0 atom stereocenters. The van der Waals surface area contributed by atoms with Gasteiger partial charge in [0.15, 0.2) is 0 Å². The summed E-state index contributed by atoms with van der Waals surface area (Å²) in [5.74, 6) is 0.429. The van der Waals surface area contributed by atoms with Crippen LogP contribution in [-0.4, -0.2) is 27.4 Å². The summed E-state index contributed by atoms with van der Waals surface area (Å²) in [7, 11) is 0. The first-order valence-corrected chi connectivity index (χ1v) is 8.58. The second kappa shape index (κ2) is 9.27. The van der Waals surface area contributed by atoms with Gasteiger partial charge in [-0.15, -0.1) is 0 Å². The van der Waals surface area contributed by atoms with Gasteiger partial charge in [-0.05, 0) is 36.1 Å². The van der Waals surface area contributed by atoms with Crippen LogP contribution < -0.4 is 10.6 Å². The lowest BCUT2D eigenvalue weighted by Gasteiger charge is -2.08. The zero-order valence-corrected chi connectivity index (χ0v) is 14.4. The van der Waals surface area contributed by atoms with E-state index in [-0.39, 0.29) is 5.91 Å². The van der Waals surface area contributed by atoms with Crippen molar-refractivity contribution in [1.82, 2.24) is 20.3 Å². The number of nitrogens with one attached hydrogen (secondary N) is 2. The summed E-state index contributed by atoms with van der Waals surface area (Å²) in [6, 6.07) is 15.7. The first-order valence-electron chi connectivity index (χ1n) is 8.58. The summed E-state index contributed by atoms with van der Waals surface area (Å²) in [6.45, 7) is 1.22. The Bertz CT molecular complexity index is 824. The average Bonchev–Trinajstić information content (AvgIpc) is 2.71. The quantitative estimate of drug-likeness (QED) is 0.613. The van der Waals surface area contributed by atoms with Crippen molar-refractivity contribution in [2.45, 2.75) is 19.4 Å². The molecule has 26 heavy (non-hydrogen) atoms. The third-order valence-electron chi connectivity index (χ3n) is 3.89. The highest BCUT2D eigenvalue weighted by Crippen LogP contribution is 2.07. The molecule has 132 valence electrons. The van der Waals surface area contributed by atoms with E-state index in [1.54, 1.807) is 18.5 Å². The smallest absolute Gasteiger partial charge is 0.270 e. The fourth-order valence-corrected chi connectivity index (χ4v) is 2.51.